The topological polar surface area (TPSA) is 78.1 Å². The summed E-state index contributed by atoms with van der Waals surface area (Å²) in [6, 6.07) is 15.1. The van der Waals surface area contributed by atoms with E-state index in [9.17, 15) is 9.59 Å². The molecule has 0 atom stereocenters. The van der Waals surface area contributed by atoms with Crippen LogP contribution >= 0.6 is 35.3 Å². The first-order chi connectivity index (χ1) is 15.9. The molecule has 0 saturated heterocycles. The Morgan fingerprint density at radius 1 is 1.21 bits per heavy atom. The third-order valence-corrected chi connectivity index (χ3v) is 7.31. The summed E-state index contributed by atoms with van der Waals surface area (Å²) in [5.74, 6) is 0.706. The number of anilines is 1. The smallest absolute Gasteiger partial charge is 0.273 e. The second-order valence-corrected chi connectivity index (χ2v) is 9.78. The lowest BCUT2D eigenvalue weighted by molar-refractivity contribution is -0.113. The monoisotopic (exact) mass is 498 g/mol. The van der Waals surface area contributed by atoms with Crippen LogP contribution in [0.15, 0.2) is 58.5 Å². The van der Waals surface area contributed by atoms with Gasteiger partial charge in [0.15, 0.2) is 14.8 Å². The number of thiazole rings is 1. The van der Waals surface area contributed by atoms with E-state index in [-0.39, 0.29) is 17.2 Å². The maximum absolute atomic E-state index is 13.0. The fraction of sp³-hybridized carbons (Fsp3) is 0.217. The van der Waals surface area contributed by atoms with E-state index in [1.54, 1.807) is 11.6 Å². The van der Waals surface area contributed by atoms with Crippen LogP contribution in [0.1, 0.15) is 12.5 Å². The molecular weight excluding hydrogens is 476 g/mol. The molecule has 4 aromatic rings. The Morgan fingerprint density at radius 2 is 1.94 bits per heavy atom. The number of amides is 1. The van der Waals surface area contributed by atoms with Crippen LogP contribution < -0.4 is 15.6 Å². The molecule has 7 nitrogen and oxygen atoms in total. The highest BCUT2D eigenvalue weighted by molar-refractivity contribution is 7.99. The largest absolute Gasteiger partial charge is 0.494 e. The molecule has 4 rings (SSSR count). The summed E-state index contributed by atoms with van der Waals surface area (Å²) in [4.78, 5) is 30.2. The van der Waals surface area contributed by atoms with E-state index >= 15 is 0 Å². The third kappa shape index (κ3) is 4.87. The number of nitrogens with one attached hydrogen (secondary N) is 1. The molecule has 33 heavy (non-hydrogen) atoms. The first-order valence-electron chi connectivity index (χ1n) is 10.2. The van der Waals surface area contributed by atoms with Crippen LogP contribution in [0.5, 0.6) is 5.75 Å². The van der Waals surface area contributed by atoms with Gasteiger partial charge in [0.25, 0.3) is 5.56 Å². The van der Waals surface area contributed by atoms with Crippen molar-refractivity contribution in [1.29, 1.82) is 0 Å². The van der Waals surface area contributed by atoms with Gasteiger partial charge in [-0.05, 0) is 62.0 Å². The van der Waals surface area contributed by atoms with Gasteiger partial charge in [0.1, 0.15) is 10.4 Å². The normalized spacial score (nSPS) is 11.0. The van der Waals surface area contributed by atoms with Gasteiger partial charge in [-0.1, -0.05) is 41.3 Å². The summed E-state index contributed by atoms with van der Waals surface area (Å²) < 4.78 is 9.76. The predicted molar refractivity (Wildman–Crippen MR) is 137 cm³/mol. The number of benzene rings is 2. The van der Waals surface area contributed by atoms with Gasteiger partial charge < -0.3 is 10.1 Å². The molecule has 1 amide bonds. The molecule has 0 radical (unpaired) electrons. The molecule has 0 fully saturated rings. The van der Waals surface area contributed by atoms with Crippen molar-refractivity contribution in [2.24, 2.45) is 7.05 Å². The fourth-order valence-corrected chi connectivity index (χ4v) is 5.37. The first kappa shape index (κ1) is 23.2. The molecule has 10 heteroatoms. The summed E-state index contributed by atoms with van der Waals surface area (Å²) in [7, 11) is 1.65. The van der Waals surface area contributed by atoms with E-state index < -0.39 is 0 Å². The fourth-order valence-electron chi connectivity index (χ4n) is 3.26. The molecule has 2 aromatic heterocycles. The summed E-state index contributed by atoms with van der Waals surface area (Å²) in [6.45, 7) is 4.44. The van der Waals surface area contributed by atoms with Gasteiger partial charge in [0.2, 0.25) is 5.91 Å². The molecule has 0 aliphatic rings. The van der Waals surface area contributed by atoms with Crippen LogP contribution in [-0.2, 0) is 11.8 Å². The second kappa shape index (κ2) is 9.90. The van der Waals surface area contributed by atoms with E-state index in [4.69, 9.17) is 21.9 Å². The van der Waals surface area contributed by atoms with Crippen LogP contribution in [0.4, 0.5) is 5.69 Å². The number of hydrogen-bond acceptors (Lipinski definition) is 7. The quantitative estimate of drug-likeness (QED) is 0.221. The number of fused-ring (bicyclic) bond motifs is 1. The molecule has 0 bridgehead atoms. The molecule has 170 valence electrons. The van der Waals surface area contributed by atoms with Gasteiger partial charge >= 0.3 is 0 Å². The van der Waals surface area contributed by atoms with Crippen molar-refractivity contribution in [3.63, 3.8) is 0 Å². The highest BCUT2D eigenvalue weighted by Crippen LogP contribution is 2.26. The average Bonchev–Trinajstić information content (AvgIpc) is 3.13. The van der Waals surface area contributed by atoms with Gasteiger partial charge in [-0.15, -0.1) is 0 Å². The minimum Gasteiger partial charge on any atom is -0.494 e. The zero-order chi connectivity index (χ0) is 23.5. The van der Waals surface area contributed by atoms with Crippen molar-refractivity contribution in [3.8, 4) is 11.4 Å². The Bertz CT molecular complexity index is 1440. The van der Waals surface area contributed by atoms with Crippen molar-refractivity contribution >= 4 is 57.3 Å². The van der Waals surface area contributed by atoms with Crippen LogP contribution in [-0.4, -0.2) is 32.4 Å². The molecule has 0 aliphatic heterocycles. The Morgan fingerprint density at radius 3 is 2.64 bits per heavy atom. The Labute approximate surface area is 204 Å². The Hall–Kier alpha value is -2.95. The van der Waals surface area contributed by atoms with Crippen molar-refractivity contribution < 1.29 is 9.53 Å². The van der Waals surface area contributed by atoms with Crippen LogP contribution in [0.25, 0.3) is 16.0 Å². The standard InChI is InChI=1S/C23H22N4O3S3/c1-4-30-16-11-9-15(10-12-16)27-20-19(33-23(27)31)21(29)26(3)22(25-20)32-13-18(28)24-17-8-6-5-7-14(17)2/h5-12H,4,13H2,1-3H3,(H,24,28). The number of aryl methyl sites for hydroxylation is 1. The maximum atomic E-state index is 13.0. The average molecular weight is 499 g/mol. The molecule has 0 saturated carbocycles. The number of para-hydroxylation sites is 1. The molecule has 0 aliphatic carbocycles. The lowest BCUT2D eigenvalue weighted by Gasteiger charge is -2.10. The molecule has 2 aromatic carbocycles. The summed E-state index contributed by atoms with van der Waals surface area (Å²) in [6.07, 6.45) is 0. The van der Waals surface area contributed by atoms with Crippen LogP contribution in [0.3, 0.4) is 0 Å². The molecule has 1 N–H and O–H groups in total. The number of carbonyl (C=O) groups is 1. The summed E-state index contributed by atoms with van der Waals surface area (Å²) >= 11 is 7.98. The van der Waals surface area contributed by atoms with Crippen molar-refractivity contribution in [1.82, 2.24) is 14.1 Å². The number of rotatable bonds is 7. The highest BCUT2D eigenvalue weighted by atomic mass is 32.2. The lowest BCUT2D eigenvalue weighted by atomic mass is 10.2. The highest BCUT2D eigenvalue weighted by Gasteiger charge is 2.17. The maximum Gasteiger partial charge on any atom is 0.273 e. The SMILES string of the molecule is CCOc1ccc(-n2c(=S)sc3c(=O)n(C)c(SCC(=O)Nc4ccccc4C)nc32)cc1. The van der Waals surface area contributed by atoms with E-state index in [1.807, 2.05) is 62.4 Å². The van der Waals surface area contributed by atoms with E-state index in [0.29, 0.717) is 26.1 Å². The Balaban J connectivity index is 1.64. The van der Waals surface area contributed by atoms with Crippen LogP contribution in [0, 0.1) is 10.9 Å². The number of ether oxygens (including phenoxy) is 1. The molecule has 2 heterocycles. The predicted octanol–water partition coefficient (Wildman–Crippen LogP) is 4.95. The number of carbonyl (C=O) groups excluding carboxylic acids is 1. The van der Waals surface area contributed by atoms with Crippen molar-refractivity contribution in [2.75, 3.05) is 17.7 Å². The third-order valence-electron chi connectivity index (χ3n) is 4.93. The van der Waals surface area contributed by atoms with Gasteiger partial charge in [-0.2, -0.15) is 0 Å². The van der Waals surface area contributed by atoms with E-state index in [0.717, 1.165) is 22.7 Å². The summed E-state index contributed by atoms with van der Waals surface area (Å²) in [5.41, 5.74) is 2.84. The second-order valence-electron chi connectivity index (χ2n) is 7.19. The van der Waals surface area contributed by atoms with E-state index in [1.165, 1.54) is 27.7 Å². The van der Waals surface area contributed by atoms with Gasteiger partial charge in [0.05, 0.1) is 12.4 Å². The zero-order valence-electron chi connectivity index (χ0n) is 18.3. The number of aromatic nitrogens is 3. The number of thioether (sulfide) groups is 1. The Kier molecular flexibility index (Phi) is 6.96. The van der Waals surface area contributed by atoms with Gasteiger partial charge in [-0.25, -0.2) is 4.98 Å². The van der Waals surface area contributed by atoms with Gasteiger partial charge in [0, 0.05) is 18.4 Å². The molecule has 0 spiro atoms. The van der Waals surface area contributed by atoms with Crippen molar-refractivity contribution in [3.05, 3.63) is 68.4 Å². The minimum absolute atomic E-state index is 0.119. The van der Waals surface area contributed by atoms with E-state index in [2.05, 4.69) is 5.32 Å². The van der Waals surface area contributed by atoms with Crippen molar-refractivity contribution in [2.45, 2.75) is 19.0 Å². The van der Waals surface area contributed by atoms with Gasteiger partial charge in [-0.3, -0.25) is 18.7 Å². The number of hydrogen-bond donors (Lipinski definition) is 1. The molecular formula is C23H22N4O3S3. The minimum atomic E-state index is -0.192. The molecule has 0 unspecified atom stereocenters. The number of nitrogens with zero attached hydrogens (tertiary/aromatic N) is 3. The lowest BCUT2D eigenvalue weighted by Crippen LogP contribution is -2.21. The zero-order valence-corrected chi connectivity index (χ0v) is 20.8. The van der Waals surface area contributed by atoms with Crippen LogP contribution in [0.2, 0.25) is 0 Å². The first-order valence-corrected chi connectivity index (χ1v) is 12.4. The summed E-state index contributed by atoms with van der Waals surface area (Å²) in [5, 5.41) is 3.35.